The van der Waals surface area contributed by atoms with E-state index < -0.39 is 28.7 Å². The summed E-state index contributed by atoms with van der Waals surface area (Å²) in [4.78, 5) is 46.4. The smallest absolute Gasteiger partial charge is 0.244 e. The maximum absolute atomic E-state index is 14.5. The number of hydrogen-bond acceptors (Lipinski definition) is 8. The third-order valence-corrected chi connectivity index (χ3v) is 11.9. The molecule has 1 spiro atoms. The lowest BCUT2D eigenvalue weighted by Gasteiger charge is -2.41. The van der Waals surface area contributed by atoms with Crippen LogP contribution in [0.2, 0.25) is 0 Å². The molecule has 0 aromatic heterocycles. The van der Waals surface area contributed by atoms with Gasteiger partial charge in [0.1, 0.15) is 11.8 Å². The van der Waals surface area contributed by atoms with Crippen molar-refractivity contribution in [2.45, 2.75) is 62.6 Å². The molecule has 2 bridgehead atoms. The Morgan fingerprint density at radius 2 is 1.90 bits per heavy atom. The average molecular weight is 603 g/mol. The molecular weight excluding hydrogens is 556 g/mol. The first kappa shape index (κ1) is 31.1. The number of fused-ring (bicyclic) bond motifs is 1. The van der Waals surface area contributed by atoms with Gasteiger partial charge in [-0.15, -0.1) is 11.8 Å². The summed E-state index contributed by atoms with van der Waals surface area (Å²) in [5.74, 6) is -0.977. The van der Waals surface area contributed by atoms with E-state index in [-0.39, 0.29) is 41.4 Å². The molecule has 4 aliphatic rings. The highest BCUT2D eigenvalue weighted by Crippen LogP contribution is 2.69. The molecule has 5 rings (SSSR count). The Morgan fingerprint density at radius 3 is 2.55 bits per heavy atom. The minimum absolute atomic E-state index is 0.00790. The van der Waals surface area contributed by atoms with E-state index in [0.29, 0.717) is 38.6 Å². The van der Waals surface area contributed by atoms with E-state index in [1.807, 2.05) is 32.9 Å². The second-order valence-corrected chi connectivity index (χ2v) is 13.7. The van der Waals surface area contributed by atoms with Crippen LogP contribution >= 0.6 is 11.8 Å². The zero-order chi connectivity index (χ0) is 30.0. The second kappa shape index (κ2) is 13.1. The van der Waals surface area contributed by atoms with E-state index in [2.05, 4.69) is 22.5 Å². The number of benzene rings is 1. The van der Waals surface area contributed by atoms with Crippen molar-refractivity contribution in [3.8, 4) is 5.75 Å². The van der Waals surface area contributed by atoms with E-state index in [1.165, 1.54) is 0 Å². The summed E-state index contributed by atoms with van der Waals surface area (Å²) in [7, 11) is 0. The Hall–Kier alpha value is -2.34. The standard InChI is InChI=1S/C31H46N4O6S/c1-5-19(3)23(18-36)35-27(29(38)32-11-12-34-13-15-40-16-14-34)31-20(4)17-24(42-31)25(26(31)30(35)39)28(37)33-21-7-9-22(10-8-21)41-6-2/h7-10,19-20,23-27,36H,5-6,11-18H2,1-4H3,(H,32,38)(H,33,37)/t19-,20?,23-,24+,25-,26-,27?,31?/m0/s1. The van der Waals surface area contributed by atoms with E-state index >= 15 is 0 Å². The third-order valence-electron chi connectivity index (χ3n) is 9.84. The van der Waals surface area contributed by atoms with Crippen LogP contribution in [0.3, 0.4) is 0 Å². The Bertz CT molecular complexity index is 1130. The number of hydrogen-bond donors (Lipinski definition) is 3. The van der Waals surface area contributed by atoms with Gasteiger partial charge < -0.3 is 30.1 Å². The van der Waals surface area contributed by atoms with Crippen molar-refractivity contribution < 1.29 is 29.0 Å². The fraction of sp³-hybridized carbons (Fsp3) is 0.710. The first-order valence-corrected chi connectivity index (χ1v) is 16.4. The highest BCUT2D eigenvalue weighted by atomic mass is 32.2. The predicted octanol–water partition coefficient (Wildman–Crippen LogP) is 2.22. The van der Waals surface area contributed by atoms with E-state index in [9.17, 15) is 19.5 Å². The van der Waals surface area contributed by atoms with Gasteiger partial charge in [-0.3, -0.25) is 19.3 Å². The summed E-state index contributed by atoms with van der Waals surface area (Å²) in [6, 6.07) is 5.99. The first-order valence-electron chi connectivity index (χ1n) is 15.5. The molecule has 1 aromatic rings. The minimum atomic E-state index is -0.751. The molecule has 42 heavy (non-hydrogen) atoms. The molecular formula is C31H46N4O6S. The number of aliphatic hydroxyl groups excluding tert-OH is 1. The number of amides is 3. The van der Waals surface area contributed by atoms with Crippen molar-refractivity contribution in [1.82, 2.24) is 15.1 Å². The number of nitrogens with zero attached hydrogens (tertiary/aromatic N) is 2. The molecule has 4 heterocycles. The molecule has 8 atom stereocenters. The number of ether oxygens (including phenoxy) is 2. The van der Waals surface area contributed by atoms with Crippen LogP contribution in [0.5, 0.6) is 5.75 Å². The predicted molar refractivity (Wildman–Crippen MR) is 162 cm³/mol. The number of carbonyl (C=O) groups excluding carboxylic acids is 3. The van der Waals surface area contributed by atoms with Crippen molar-refractivity contribution in [3.63, 3.8) is 0 Å². The monoisotopic (exact) mass is 602 g/mol. The van der Waals surface area contributed by atoms with Crippen LogP contribution < -0.4 is 15.4 Å². The fourth-order valence-corrected chi connectivity index (χ4v) is 9.92. The van der Waals surface area contributed by atoms with Crippen molar-refractivity contribution in [3.05, 3.63) is 24.3 Å². The summed E-state index contributed by atoms with van der Waals surface area (Å²) in [5.41, 5.74) is 0.644. The molecule has 11 heteroatoms. The van der Waals surface area contributed by atoms with Crippen LogP contribution in [0.15, 0.2) is 24.3 Å². The molecule has 3 unspecified atom stereocenters. The highest BCUT2D eigenvalue weighted by Gasteiger charge is 2.76. The van der Waals surface area contributed by atoms with Gasteiger partial charge in [-0.25, -0.2) is 0 Å². The van der Waals surface area contributed by atoms with Gasteiger partial charge in [0.15, 0.2) is 0 Å². The van der Waals surface area contributed by atoms with Crippen LogP contribution in [-0.2, 0) is 19.1 Å². The number of anilines is 1. The molecule has 232 valence electrons. The summed E-state index contributed by atoms with van der Waals surface area (Å²) in [5, 5.41) is 16.7. The molecule has 0 radical (unpaired) electrons. The molecule has 3 N–H and O–H groups in total. The second-order valence-electron chi connectivity index (χ2n) is 12.1. The van der Waals surface area contributed by atoms with Crippen molar-refractivity contribution in [2.24, 2.45) is 23.7 Å². The number of morpholine rings is 1. The maximum atomic E-state index is 14.5. The quantitative estimate of drug-likeness (QED) is 0.333. The van der Waals surface area contributed by atoms with Gasteiger partial charge in [0, 0.05) is 37.1 Å². The lowest BCUT2D eigenvalue weighted by atomic mass is 9.66. The number of thioether (sulfide) groups is 1. The number of nitrogens with one attached hydrogen (secondary N) is 2. The van der Waals surface area contributed by atoms with Crippen LogP contribution in [0.4, 0.5) is 5.69 Å². The Balaban J connectivity index is 1.42. The van der Waals surface area contributed by atoms with Crippen LogP contribution in [-0.4, -0.2) is 107 Å². The van der Waals surface area contributed by atoms with E-state index in [0.717, 1.165) is 31.7 Å². The van der Waals surface area contributed by atoms with Crippen molar-refractivity contribution in [2.75, 3.05) is 57.9 Å². The zero-order valence-corrected chi connectivity index (χ0v) is 26.0. The third kappa shape index (κ3) is 5.53. The number of rotatable bonds is 12. The summed E-state index contributed by atoms with van der Waals surface area (Å²) >= 11 is 1.65. The lowest BCUT2D eigenvalue weighted by molar-refractivity contribution is -0.143. The molecule has 0 aliphatic carbocycles. The van der Waals surface area contributed by atoms with E-state index in [1.54, 1.807) is 28.8 Å². The Morgan fingerprint density at radius 1 is 1.19 bits per heavy atom. The summed E-state index contributed by atoms with van der Waals surface area (Å²) in [6.45, 7) is 12.6. The number of carbonyl (C=O) groups is 3. The van der Waals surface area contributed by atoms with Gasteiger partial charge >= 0.3 is 0 Å². The molecule has 1 aromatic carbocycles. The van der Waals surface area contributed by atoms with Gasteiger partial charge in [0.2, 0.25) is 17.7 Å². The molecule has 3 amide bonds. The molecule has 0 saturated carbocycles. The van der Waals surface area contributed by atoms with Gasteiger partial charge in [0.05, 0.1) is 49.1 Å². The summed E-state index contributed by atoms with van der Waals surface area (Å²) in [6.07, 6.45) is 1.51. The Labute approximate surface area is 253 Å². The SMILES string of the molecule is CCOc1ccc(NC(=O)[C@@H]2[C@H]3C(=O)N([C@@H](CO)[C@@H](C)CC)C(C(=O)NCCN4CCOCC4)C34S[C@@H]2CC4C)cc1. The van der Waals surface area contributed by atoms with Crippen molar-refractivity contribution in [1.29, 1.82) is 0 Å². The maximum Gasteiger partial charge on any atom is 0.244 e. The van der Waals surface area contributed by atoms with Crippen LogP contribution in [0.25, 0.3) is 0 Å². The highest BCUT2D eigenvalue weighted by molar-refractivity contribution is 8.02. The number of aliphatic hydroxyl groups is 1. The van der Waals surface area contributed by atoms with Gasteiger partial charge in [0.25, 0.3) is 0 Å². The van der Waals surface area contributed by atoms with Crippen LogP contribution in [0.1, 0.15) is 40.5 Å². The Kier molecular flexibility index (Phi) is 9.71. The van der Waals surface area contributed by atoms with Gasteiger partial charge in [-0.05, 0) is 49.4 Å². The zero-order valence-electron chi connectivity index (χ0n) is 25.2. The molecule has 4 fully saturated rings. The van der Waals surface area contributed by atoms with Gasteiger partial charge in [-0.1, -0.05) is 27.2 Å². The first-order chi connectivity index (χ1) is 20.3. The molecule has 4 aliphatic heterocycles. The summed E-state index contributed by atoms with van der Waals surface area (Å²) < 4.78 is 10.2. The van der Waals surface area contributed by atoms with Crippen molar-refractivity contribution >= 4 is 35.2 Å². The molecule has 10 nitrogen and oxygen atoms in total. The average Bonchev–Trinajstić information content (AvgIpc) is 3.59. The van der Waals surface area contributed by atoms with Crippen LogP contribution in [0, 0.1) is 23.7 Å². The van der Waals surface area contributed by atoms with Gasteiger partial charge in [-0.2, -0.15) is 0 Å². The lowest BCUT2D eigenvalue weighted by Crippen LogP contribution is -2.59. The largest absolute Gasteiger partial charge is 0.494 e. The minimum Gasteiger partial charge on any atom is -0.494 e. The topological polar surface area (TPSA) is 120 Å². The van der Waals surface area contributed by atoms with E-state index in [4.69, 9.17) is 9.47 Å². The number of likely N-dealkylation sites (tertiary alicyclic amines) is 1. The fourth-order valence-electron chi connectivity index (χ4n) is 7.52. The molecule has 4 saturated heterocycles. The normalized spacial score (nSPS) is 32.0.